The van der Waals surface area contributed by atoms with Gasteiger partial charge in [0.2, 0.25) is 11.8 Å². The van der Waals surface area contributed by atoms with E-state index in [0.29, 0.717) is 18.4 Å². The zero-order valence-electron chi connectivity index (χ0n) is 13.5. The molecule has 1 aliphatic carbocycles. The van der Waals surface area contributed by atoms with Crippen molar-refractivity contribution < 1.29 is 9.59 Å². The molecule has 5 heteroatoms. The number of carbonyl (C=O) groups is 2. The van der Waals surface area contributed by atoms with Gasteiger partial charge in [0.15, 0.2) is 0 Å². The molecular formula is C17H29N3O2. The van der Waals surface area contributed by atoms with Crippen molar-refractivity contribution in [3.8, 4) is 0 Å². The molecule has 0 unspecified atom stereocenters. The van der Waals surface area contributed by atoms with E-state index in [1.54, 1.807) is 0 Å². The highest BCUT2D eigenvalue weighted by molar-refractivity contribution is 5.82. The van der Waals surface area contributed by atoms with Gasteiger partial charge in [-0.3, -0.25) is 9.59 Å². The van der Waals surface area contributed by atoms with Crippen molar-refractivity contribution >= 4 is 11.8 Å². The number of carbonyl (C=O) groups excluding carboxylic acids is 2. The molecule has 0 spiro atoms. The number of nitrogens with zero attached hydrogens (tertiary/aromatic N) is 1. The number of hydrogen-bond acceptors (Lipinski definition) is 3. The maximum Gasteiger partial charge on any atom is 0.237 e. The van der Waals surface area contributed by atoms with Crippen LogP contribution < -0.4 is 10.6 Å². The van der Waals surface area contributed by atoms with Crippen molar-refractivity contribution in [3.05, 3.63) is 0 Å². The first-order valence-electron chi connectivity index (χ1n) is 9.04. The summed E-state index contributed by atoms with van der Waals surface area (Å²) >= 11 is 0. The third-order valence-corrected chi connectivity index (χ3v) is 5.48. The van der Waals surface area contributed by atoms with Gasteiger partial charge < -0.3 is 15.5 Å². The van der Waals surface area contributed by atoms with Crippen molar-refractivity contribution in [2.75, 3.05) is 26.2 Å². The molecule has 0 radical (unpaired) electrons. The molecule has 3 rings (SSSR count). The topological polar surface area (TPSA) is 61.4 Å². The monoisotopic (exact) mass is 307 g/mol. The van der Waals surface area contributed by atoms with Gasteiger partial charge in [0.1, 0.15) is 0 Å². The number of rotatable bonds is 4. The van der Waals surface area contributed by atoms with Crippen LogP contribution in [0.1, 0.15) is 51.4 Å². The summed E-state index contributed by atoms with van der Waals surface area (Å²) in [6, 6.07) is -0.000172. The van der Waals surface area contributed by atoms with E-state index in [4.69, 9.17) is 0 Å². The Bertz CT molecular complexity index is 401. The molecule has 2 saturated heterocycles. The molecular weight excluding hydrogens is 278 g/mol. The lowest BCUT2D eigenvalue weighted by Gasteiger charge is -2.34. The number of hydrogen-bond donors (Lipinski definition) is 2. The Balaban J connectivity index is 1.43. The van der Waals surface area contributed by atoms with E-state index in [9.17, 15) is 9.59 Å². The Morgan fingerprint density at radius 2 is 1.86 bits per heavy atom. The third-order valence-electron chi connectivity index (χ3n) is 5.48. The quantitative estimate of drug-likeness (QED) is 0.822. The second-order valence-electron chi connectivity index (χ2n) is 7.17. The van der Waals surface area contributed by atoms with E-state index < -0.39 is 0 Å². The minimum Gasteiger partial charge on any atom is -0.354 e. The maximum absolute atomic E-state index is 12.5. The summed E-state index contributed by atoms with van der Waals surface area (Å²) in [6.45, 7) is 3.40. The van der Waals surface area contributed by atoms with E-state index >= 15 is 0 Å². The molecule has 0 aromatic heterocycles. The first kappa shape index (κ1) is 15.8. The fourth-order valence-electron chi connectivity index (χ4n) is 4.14. The van der Waals surface area contributed by atoms with Crippen LogP contribution in [-0.2, 0) is 9.59 Å². The van der Waals surface area contributed by atoms with E-state index in [-0.39, 0.29) is 17.9 Å². The maximum atomic E-state index is 12.5. The zero-order chi connectivity index (χ0) is 15.4. The lowest BCUT2D eigenvalue weighted by atomic mass is 9.96. The van der Waals surface area contributed by atoms with Gasteiger partial charge in [0.25, 0.3) is 0 Å². The highest BCUT2D eigenvalue weighted by atomic mass is 16.2. The van der Waals surface area contributed by atoms with Gasteiger partial charge in [-0.1, -0.05) is 12.8 Å². The van der Waals surface area contributed by atoms with Gasteiger partial charge in [-0.15, -0.1) is 0 Å². The lowest BCUT2D eigenvalue weighted by Crippen LogP contribution is -2.47. The number of piperidine rings is 1. The van der Waals surface area contributed by atoms with E-state index in [2.05, 4.69) is 15.5 Å². The van der Waals surface area contributed by atoms with Crippen LogP contribution in [0.5, 0.6) is 0 Å². The summed E-state index contributed by atoms with van der Waals surface area (Å²) in [4.78, 5) is 26.6. The van der Waals surface area contributed by atoms with Crippen LogP contribution in [0.2, 0.25) is 0 Å². The van der Waals surface area contributed by atoms with Gasteiger partial charge in [-0.05, 0) is 51.0 Å². The normalized spacial score (nSPS) is 29.7. The largest absolute Gasteiger partial charge is 0.354 e. The Morgan fingerprint density at radius 3 is 2.59 bits per heavy atom. The molecule has 22 heavy (non-hydrogen) atoms. The van der Waals surface area contributed by atoms with Gasteiger partial charge in [-0.2, -0.15) is 0 Å². The van der Waals surface area contributed by atoms with E-state index in [1.165, 1.54) is 12.8 Å². The molecule has 0 aromatic carbocycles. The molecule has 124 valence electrons. The highest BCUT2D eigenvalue weighted by Gasteiger charge is 2.31. The Morgan fingerprint density at radius 1 is 1.05 bits per heavy atom. The second-order valence-corrected chi connectivity index (χ2v) is 7.17. The summed E-state index contributed by atoms with van der Waals surface area (Å²) in [7, 11) is 0. The second kappa shape index (κ2) is 7.44. The molecule has 1 saturated carbocycles. The molecule has 0 bridgehead atoms. The molecule has 0 aromatic rings. The van der Waals surface area contributed by atoms with Crippen LogP contribution in [-0.4, -0.2) is 48.9 Å². The fourth-order valence-corrected chi connectivity index (χ4v) is 4.14. The molecule has 2 N–H and O–H groups in total. The van der Waals surface area contributed by atoms with Crippen LogP contribution in [0.25, 0.3) is 0 Å². The highest BCUT2D eigenvalue weighted by Crippen LogP contribution is 2.28. The van der Waals surface area contributed by atoms with Gasteiger partial charge in [0.05, 0.1) is 6.04 Å². The van der Waals surface area contributed by atoms with E-state index in [1.807, 2.05) is 0 Å². The summed E-state index contributed by atoms with van der Waals surface area (Å²) in [6.07, 6.45) is 8.78. The van der Waals surface area contributed by atoms with Crippen molar-refractivity contribution in [2.45, 2.75) is 57.4 Å². The SMILES string of the molecule is O=C(NC[C@H]1CCCN(C(=O)C2CCCC2)C1)[C@@H]1CCCN1. The predicted molar refractivity (Wildman–Crippen MR) is 85.3 cm³/mol. The first-order valence-corrected chi connectivity index (χ1v) is 9.04. The third kappa shape index (κ3) is 3.80. The van der Waals surface area contributed by atoms with Crippen LogP contribution >= 0.6 is 0 Å². The van der Waals surface area contributed by atoms with Crippen LogP contribution in [0.3, 0.4) is 0 Å². The number of nitrogens with one attached hydrogen (secondary N) is 2. The summed E-state index contributed by atoms with van der Waals surface area (Å²) in [5.41, 5.74) is 0. The lowest BCUT2D eigenvalue weighted by molar-refractivity contribution is -0.137. The molecule has 2 amide bonds. The summed E-state index contributed by atoms with van der Waals surface area (Å²) in [5, 5.41) is 6.32. The molecule has 3 fully saturated rings. The van der Waals surface area contributed by atoms with Gasteiger partial charge in [0, 0.05) is 25.6 Å². The summed E-state index contributed by atoms with van der Waals surface area (Å²) < 4.78 is 0. The smallest absolute Gasteiger partial charge is 0.237 e. The van der Waals surface area contributed by atoms with Crippen LogP contribution in [0, 0.1) is 11.8 Å². The number of amides is 2. The Kier molecular flexibility index (Phi) is 5.34. The molecule has 2 heterocycles. The fraction of sp³-hybridized carbons (Fsp3) is 0.882. The molecule has 2 aliphatic heterocycles. The van der Waals surface area contributed by atoms with Crippen LogP contribution in [0.4, 0.5) is 0 Å². The van der Waals surface area contributed by atoms with Crippen molar-refractivity contribution in [1.82, 2.24) is 15.5 Å². The molecule has 2 atom stereocenters. The van der Waals surface area contributed by atoms with Gasteiger partial charge >= 0.3 is 0 Å². The Labute approximate surface area is 133 Å². The summed E-state index contributed by atoms with van der Waals surface area (Å²) in [5.74, 6) is 1.20. The molecule has 5 nitrogen and oxygen atoms in total. The number of likely N-dealkylation sites (tertiary alicyclic amines) is 1. The van der Waals surface area contributed by atoms with Gasteiger partial charge in [-0.25, -0.2) is 0 Å². The molecule has 3 aliphatic rings. The average molecular weight is 307 g/mol. The standard InChI is InChI=1S/C17H29N3O2/c21-16(15-8-3-9-18-15)19-11-13-5-4-10-20(12-13)17(22)14-6-1-2-7-14/h13-15,18H,1-12H2,(H,19,21)/t13-,15+/m1/s1. The zero-order valence-corrected chi connectivity index (χ0v) is 13.5. The predicted octanol–water partition coefficient (Wildman–Crippen LogP) is 1.28. The Hall–Kier alpha value is -1.10. The minimum atomic E-state index is -0.000172. The van der Waals surface area contributed by atoms with Crippen LogP contribution in [0.15, 0.2) is 0 Å². The average Bonchev–Trinajstić information content (AvgIpc) is 3.25. The van der Waals surface area contributed by atoms with E-state index in [0.717, 1.165) is 58.2 Å². The minimum absolute atomic E-state index is 0.000172. The first-order chi connectivity index (χ1) is 10.7. The van der Waals surface area contributed by atoms with Crippen molar-refractivity contribution in [1.29, 1.82) is 0 Å². The van der Waals surface area contributed by atoms with Crippen molar-refractivity contribution in [3.63, 3.8) is 0 Å². The van der Waals surface area contributed by atoms with Crippen molar-refractivity contribution in [2.24, 2.45) is 11.8 Å².